The van der Waals surface area contributed by atoms with Gasteiger partial charge in [0, 0.05) is 13.2 Å². The molecule has 0 rings (SSSR count). The molecule has 0 fully saturated rings. The summed E-state index contributed by atoms with van der Waals surface area (Å²) in [6.07, 6.45) is -3.84. The molecule has 108 valence electrons. The summed E-state index contributed by atoms with van der Waals surface area (Å²) in [7, 11) is 0. The minimum atomic E-state index is -4.27. The van der Waals surface area contributed by atoms with Gasteiger partial charge in [-0.05, 0) is 18.9 Å². The van der Waals surface area contributed by atoms with Gasteiger partial charge in [-0.1, -0.05) is 13.8 Å². The average Bonchev–Trinajstić information content (AvgIpc) is 2.23. The summed E-state index contributed by atoms with van der Waals surface area (Å²) in [4.78, 5) is 11.2. The molecule has 0 saturated heterocycles. The van der Waals surface area contributed by atoms with Crippen molar-refractivity contribution in [2.75, 3.05) is 32.8 Å². The summed E-state index contributed by atoms with van der Waals surface area (Å²) < 4.78 is 39.5. The van der Waals surface area contributed by atoms with E-state index in [1.54, 1.807) is 0 Å². The van der Waals surface area contributed by atoms with Crippen molar-refractivity contribution in [2.24, 2.45) is 5.92 Å². The van der Waals surface area contributed by atoms with Crippen LogP contribution >= 0.6 is 0 Å². The quantitative estimate of drug-likeness (QED) is 0.621. The first-order chi connectivity index (χ1) is 8.31. The fraction of sp³-hybridized carbons (Fsp3) is 0.909. The summed E-state index contributed by atoms with van der Waals surface area (Å²) in [5.74, 6) is 0.282. The molecule has 0 aliphatic heterocycles. The molecule has 4 nitrogen and oxygen atoms in total. The molecule has 0 spiro atoms. The molecule has 0 aromatic rings. The van der Waals surface area contributed by atoms with Crippen molar-refractivity contribution in [3.8, 4) is 0 Å². The van der Waals surface area contributed by atoms with E-state index >= 15 is 0 Å². The maximum absolute atomic E-state index is 11.7. The van der Waals surface area contributed by atoms with Gasteiger partial charge >= 0.3 is 6.18 Å². The molecule has 0 radical (unpaired) electrons. The maximum atomic E-state index is 11.7. The van der Waals surface area contributed by atoms with Gasteiger partial charge in [-0.25, -0.2) is 0 Å². The van der Waals surface area contributed by atoms with Crippen LogP contribution in [0.25, 0.3) is 0 Å². The first kappa shape index (κ1) is 17.2. The number of hydrogen-bond donors (Lipinski definition) is 2. The van der Waals surface area contributed by atoms with Crippen LogP contribution in [-0.2, 0) is 9.53 Å². The molecule has 2 N–H and O–H groups in total. The van der Waals surface area contributed by atoms with Gasteiger partial charge in [0.25, 0.3) is 0 Å². The molecule has 0 heterocycles. The number of carbonyl (C=O) groups is 1. The number of hydrogen-bond acceptors (Lipinski definition) is 3. The fourth-order valence-corrected chi connectivity index (χ4v) is 1.07. The van der Waals surface area contributed by atoms with E-state index in [0.29, 0.717) is 25.4 Å². The van der Waals surface area contributed by atoms with Crippen LogP contribution in [0, 0.1) is 5.92 Å². The summed E-state index contributed by atoms with van der Waals surface area (Å²) in [5.41, 5.74) is 0. The molecule has 0 aliphatic carbocycles. The van der Waals surface area contributed by atoms with E-state index in [9.17, 15) is 18.0 Å². The smallest absolute Gasteiger partial charge is 0.372 e. The highest BCUT2D eigenvalue weighted by Gasteiger charge is 2.27. The van der Waals surface area contributed by atoms with E-state index in [4.69, 9.17) is 0 Å². The van der Waals surface area contributed by atoms with Gasteiger partial charge < -0.3 is 15.4 Å². The zero-order valence-electron chi connectivity index (χ0n) is 10.8. The molecule has 18 heavy (non-hydrogen) atoms. The highest BCUT2D eigenvalue weighted by Crippen LogP contribution is 2.14. The summed E-state index contributed by atoms with van der Waals surface area (Å²) >= 11 is 0. The SMILES string of the molecule is CC(C)CNC(=O)CNCCCOCC(F)(F)F. The fourth-order valence-electron chi connectivity index (χ4n) is 1.07. The predicted octanol–water partition coefficient (Wildman–Crippen LogP) is 1.32. The highest BCUT2D eigenvalue weighted by molar-refractivity contribution is 5.77. The van der Waals surface area contributed by atoms with E-state index in [1.807, 2.05) is 13.8 Å². The van der Waals surface area contributed by atoms with Crippen LogP contribution in [0.5, 0.6) is 0 Å². The summed E-state index contributed by atoms with van der Waals surface area (Å²) in [5, 5.41) is 5.56. The summed E-state index contributed by atoms with van der Waals surface area (Å²) in [6, 6.07) is 0. The van der Waals surface area contributed by atoms with Gasteiger partial charge in [0.2, 0.25) is 5.91 Å². The standard InChI is InChI=1S/C11H21F3N2O2/c1-9(2)6-16-10(17)7-15-4-3-5-18-8-11(12,13)14/h9,15H,3-8H2,1-2H3,(H,16,17). The van der Waals surface area contributed by atoms with Gasteiger partial charge in [-0.15, -0.1) is 0 Å². The molecule has 0 aromatic carbocycles. The van der Waals surface area contributed by atoms with Crippen LogP contribution in [0.2, 0.25) is 0 Å². The first-order valence-corrected chi connectivity index (χ1v) is 5.93. The van der Waals surface area contributed by atoms with Gasteiger partial charge in [-0.2, -0.15) is 13.2 Å². The Kier molecular flexibility index (Phi) is 8.74. The Labute approximate surface area is 105 Å². The molecular formula is C11H21F3N2O2. The van der Waals surface area contributed by atoms with Crippen LogP contribution in [0.1, 0.15) is 20.3 Å². The minimum absolute atomic E-state index is 0.0279. The molecule has 0 atom stereocenters. The Morgan fingerprint density at radius 2 is 2.00 bits per heavy atom. The van der Waals surface area contributed by atoms with Gasteiger partial charge in [0.05, 0.1) is 6.54 Å². The number of amides is 1. The topological polar surface area (TPSA) is 50.4 Å². The van der Waals surface area contributed by atoms with Crippen molar-refractivity contribution < 1.29 is 22.7 Å². The lowest BCUT2D eigenvalue weighted by atomic mass is 10.2. The van der Waals surface area contributed by atoms with E-state index in [0.717, 1.165) is 0 Å². The summed E-state index contributed by atoms with van der Waals surface area (Å²) in [6.45, 7) is 4.04. The molecule has 0 saturated carbocycles. The zero-order chi connectivity index (χ0) is 14.0. The van der Waals surface area contributed by atoms with Crippen LogP contribution in [0.3, 0.4) is 0 Å². The van der Waals surface area contributed by atoms with E-state index in [-0.39, 0.29) is 19.1 Å². The van der Waals surface area contributed by atoms with Gasteiger partial charge in [0.15, 0.2) is 0 Å². The molecular weight excluding hydrogens is 249 g/mol. The second-order valence-corrected chi connectivity index (χ2v) is 4.40. The number of carbonyl (C=O) groups excluding carboxylic acids is 1. The second kappa shape index (κ2) is 9.16. The van der Waals surface area contributed by atoms with Crippen LogP contribution in [-0.4, -0.2) is 44.9 Å². The average molecular weight is 270 g/mol. The van der Waals surface area contributed by atoms with Gasteiger partial charge in [0.1, 0.15) is 6.61 Å². The third-order valence-electron chi connectivity index (χ3n) is 1.90. The number of alkyl halides is 3. The maximum Gasteiger partial charge on any atom is 0.411 e. The predicted molar refractivity (Wildman–Crippen MR) is 62.2 cm³/mol. The second-order valence-electron chi connectivity index (χ2n) is 4.40. The lowest BCUT2D eigenvalue weighted by molar-refractivity contribution is -0.173. The number of nitrogens with one attached hydrogen (secondary N) is 2. The Hall–Kier alpha value is -0.820. The third-order valence-corrected chi connectivity index (χ3v) is 1.90. The highest BCUT2D eigenvalue weighted by atomic mass is 19.4. The van der Waals surface area contributed by atoms with Crippen molar-refractivity contribution >= 4 is 5.91 Å². The number of rotatable bonds is 9. The van der Waals surface area contributed by atoms with E-state index in [2.05, 4.69) is 15.4 Å². The molecule has 0 bridgehead atoms. The lowest BCUT2D eigenvalue weighted by Crippen LogP contribution is -2.36. The Morgan fingerprint density at radius 3 is 2.56 bits per heavy atom. The van der Waals surface area contributed by atoms with Crippen molar-refractivity contribution in [2.45, 2.75) is 26.4 Å². The monoisotopic (exact) mass is 270 g/mol. The minimum Gasteiger partial charge on any atom is -0.372 e. The number of halogens is 3. The Morgan fingerprint density at radius 1 is 1.33 bits per heavy atom. The van der Waals surface area contributed by atoms with Crippen LogP contribution in [0.15, 0.2) is 0 Å². The van der Waals surface area contributed by atoms with Crippen molar-refractivity contribution in [3.63, 3.8) is 0 Å². The van der Waals surface area contributed by atoms with E-state index < -0.39 is 12.8 Å². The molecule has 0 unspecified atom stereocenters. The van der Waals surface area contributed by atoms with E-state index in [1.165, 1.54) is 0 Å². The zero-order valence-corrected chi connectivity index (χ0v) is 10.8. The molecule has 0 aliphatic rings. The van der Waals surface area contributed by atoms with Crippen LogP contribution in [0.4, 0.5) is 13.2 Å². The van der Waals surface area contributed by atoms with Gasteiger partial charge in [-0.3, -0.25) is 4.79 Å². The van der Waals surface area contributed by atoms with Crippen molar-refractivity contribution in [3.05, 3.63) is 0 Å². The lowest BCUT2D eigenvalue weighted by Gasteiger charge is -2.09. The largest absolute Gasteiger partial charge is 0.411 e. The first-order valence-electron chi connectivity index (χ1n) is 5.93. The number of ether oxygens (including phenoxy) is 1. The molecule has 0 aromatic heterocycles. The third kappa shape index (κ3) is 13.2. The molecule has 1 amide bonds. The van der Waals surface area contributed by atoms with Crippen molar-refractivity contribution in [1.29, 1.82) is 0 Å². The Balaban J connectivity index is 3.28. The van der Waals surface area contributed by atoms with Crippen molar-refractivity contribution in [1.82, 2.24) is 10.6 Å². The normalized spacial score (nSPS) is 11.9. The Bertz CT molecular complexity index is 233. The van der Waals surface area contributed by atoms with Crippen LogP contribution < -0.4 is 10.6 Å². The molecule has 7 heteroatoms.